The summed E-state index contributed by atoms with van der Waals surface area (Å²) in [5.41, 5.74) is 0. The van der Waals surface area contributed by atoms with Gasteiger partial charge in [0.25, 0.3) is 7.82 Å². The van der Waals surface area contributed by atoms with Crippen LogP contribution in [0.2, 0.25) is 0 Å². The number of carbonyl (C=O) groups excluding carboxylic acids is 1. The van der Waals surface area contributed by atoms with E-state index in [1.165, 1.54) is 44.9 Å². The molecule has 2 unspecified atom stereocenters. The van der Waals surface area contributed by atoms with Crippen molar-refractivity contribution < 1.29 is 37.3 Å². The van der Waals surface area contributed by atoms with Crippen LogP contribution >= 0.6 is 7.82 Å². The number of allylic oxidation sites excluding steroid dienone is 12. The first kappa shape index (κ1) is 48.9. The molecular weight excluding hydrogens is 661 g/mol. The van der Waals surface area contributed by atoms with Crippen LogP contribution in [0.15, 0.2) is 72.9 Å². The number of quaternary nitrogens is 1. The van der Waals surface area contributed by atoms with Crippen LogP contribution in [0.5, 0.6) is 0 Å². The normalized spacial score (nSPS) is 14.7. The van der Waals surface area contributed by atoms with E-state index in [9.17, 15) is 14.3 Å². The summed E-state index contributed by atoms with van der Waals surface area (Å²) < 4.78 is 34.3. The first-order valence-electron chi connectivity index (χ1n) is 19.7. The van der Waals surface area contributed by atoms with E-state index in [0.717, 1.165) is 57.8 Å². The highest BCUT2D eigenvalue weighted by Gasteiger charge is 2.20. The lowest BCUT2D eigenvalue weighted by molar-refractivity contribution is -0.870. The van der Waals surface area contributed by atoms with Crippen LogP contribution in [0.1, 0.15) is 129 Å². The van der Waals surface area contributed by atoms with Crippen molar-refractivity contribution in [2.45, 2.75) is 136 Å². The number of phosphoric acid groups is 1. The van der Waals surface area contributed by atoms with Gasteiger partial charge in [-0.2, -0.15) is 0 Å². The van der Waals surface area contributed by atoms with Crippen LogP contribution in [0.25, 0.3) is 0 Å². The van der Waals surface area contributed by atoms with E-state index in [1.54, 1.807) is 0 Å². The van der Waals surface area contributed by atoms with Gasteiger partial charge in [0.15, 0.2) is 0 Å². The predicted octanol–water partition coefficient (Wildman–Crippen LogP) is 10.5. The first-order valence-corrected chi connectivity index (χ1v) is 21.1. The van der Waals surface area contributed by atoms with E-state index in [1.807, 2.05) is 33.3 Å². The van der Waals surface area contributed by atoms with Gasteiger partial charge in [-0.05, 0) is 70.6 Å². The minimum atomic E-state index is -4.54. The number of ether oxygens (including phenoxy) is 2. The number of nitrogens with zero attached hydrogens (tertiary/aromatic N) is 1. The van der Waals surface area contributed by atoms with Crippen molar-refractivity contribution in [3.63, 3.8) is 0 Å². The minimum Gasteiger partial charge on any atom is -0.756 e. The number of unbranched alkanes of at least 4 members (excludes halogenated alkanes) is 9. The molecule has 0 bridgehead atoms. The zero-order valence-electron chi connectivity index (χ0n) is 33.0. The molecule has 294 valence electrons. The molecule has 0 aliphatic rings. The molecule has 0 heterocycles. The monoisotopic (exact) mass is 736 g/mol. The molecule has 2 atom stereocenters. The van der Waals surface area contributed by atoms with E-state index < -0.39 is 19.9 Å². The average molecular weight is 736 g/mol. The van der Waals surface area contributed by atoms with E-state index in [4.69, 9.17) is 18.5 Å². The maximum atomic E-state index is 12.6. The predicted molar refractivity (Wildman–Crippen MR) is 212 cm³/mol. The Morgan fingerprint density at radius 2 is 1.14 bits per heavy atom. The Kier molecular flexibility index (Phi) is 33.6. The van der Waals surface area contributed by atoms with Gasteiger partial charge in [-0.1, -0.05) is 125 Å². The number of hydrogen-bond acceptors (Lipinski definition) is 7. The van der Waals surface area contributed by atoms with Crippen molar-refractivity contribution in [1.82, 2.24) is 0 Å². The number of likely N-dealkylation sites (N-methyl/N-ethyl adjacent to an activating group) is 1. The van der Waals surface area contributed by atoms with Gasteiger partial charge in [-0.15, -0.1) is 0 Å². The fourth-order valence-electron chi connectivity index (χ4n) is 4.71. The summed E-state index contributed by atoms with van der Waals surface area (Å²) >= 11 is 0. The molecule has 0 aliphatic carbocycles. The van der Waals surface area contributed by atoms with Gasteiger partial charge in [0.05, 0.1) is 34.4 Å². The highest BCUT2D eigenvalue weighted by molar-refractivity contribution is 7.45. The van der Waals surface area contributed by atoms with E-state index >= 15 is 0 Å². The Morgan fingerprint density at radius 3 is 1.71 bits per heavy atom. The van der Waals surface area contributed by atoms with Crippen molar-refractivity contribution in [3.8, 4) is 0 Å². The third kappa shape index (κ3) is 39.0. The summed E-state index contributed by atoms with van der Waals surface area (Å²) in [5, 5.41) is 0. The molecule has 0 aliphatic heterocycles. The highest BCUT2D eigenvalue weighted by Crippen LogP contribution is 2.38. The third-order valence-electron chi connectivity index (χ3n) is 7.76. The molecule has 0 spiro atoms. The van der Waals surface area contributed by atoms with Crippen LogP contribution in [0, 0.1) is 0 Å². The molecule has 8 nitrogen and oxygen atoms in total. The highest BCUT2D eigenvalue weighted by atomic mass is 31.2. The fraction of sp³-hybridized carbons (Fsp3) is 0.690. The zero-order chi connectivity index (χ0) is 37.7. The smallest absolute Gasteiger partial charge is 0.306 e. The van der Waals surface area contributed by atoms with Gasteiger partial charge in [0.2, 0.25) is 0 Å². The average Bonchev–Trinajstić information content (AvgIpc) is 3.08. The minimum absolute atomic E-state index is 0.00759. The topological polar surface area (TPSA) is 94.1 Å². The van der Waals surface area contributed by atoms with Gasteiger partial charge in [0, 0.05) is 13.0 Å². The number of rotatable bonds is 35. The maximum Gasteiger partial charge on any atom is 0.306 e. The second kappa shape index (κ2) is 35.0. The molecule has 0 aromatic rings. The van der Waals surface area contributed by atoms with Crippen molar-refractivity contribution in [1.29, 1.82) is 0 Å². The molecule has 0 amide bonds. The lowest BCUT2D eigenvalue weighted by Crippen LogP contribution is -2.37. The summed E-state index contributed by atoms with van der Waals surface area (Å²) in [7, 11) is 1.29. The van der Waals surface area contributed by atoms with Gasteiger partial charge in [-0.3, -0.25) is 9.36 Å². The zero-order valence-corrected chi connectivity index (χ0v) is 33.9. The summed E-state index contributed by atoms with van der Waals surface area (Å²) in [6.07, 6.45) is 43.6. The summed E-state index contributed by atoms with van der Waals surface area (Å²) in [5.74, 6) is -0.421. The molecule has 0 saturated carbocycles. The summed E-state index contributed by atoms with van der Waals surface area (Å²) in [6.45, 7) is 5.11. The third-order valence-corrected chi connectivity index (χ3v) is 8.72. The van der Waals surface area contributed by atoms with Crippen molar-refractivity contribution in [2.75, 3.05) is 54.1 Å². The van der Waals surface area contributed by atoms with Crippen LogP contribution < -0.4 is 4.89 Å². The molecule has 0 rings (SSSR count). The molecule has 9 heteroatoms. The van der Waals surface area contributed by atoms with Crippen LogP contribution in [-0.2, 0) is 27.9 Å². The van der Waals surface area contributed by atoms with Gasteiger partial charge < -0.3 is 27.9 Å². The molecule has 0 N–H and O–H groups in total. The van der Waals surface area contributed by atoms with Crippen molar-refractivity contribution in [3.05, 3.63) is 72.9 Å². The Labute approximate surface area is 312 Å². The van der Waals surface area contributed by atoms with Crippen LogP contribution in [0.3, 0.4) is 0 Å². The molecular formula is C42H74NO7P. The quantitative estimate of drug-likeness (QED) is 0.0210. The lowest BCUT2D eigenvalue weighted by Gasteiger charge is -2.28. The van der Waals surface area contributed by atoms with Gasteiger partial charge >= 0.3 is 5.97 Å². The van der Waals surface area contributed by atoms with Gasteiger partial charge in [-0.25, -0.2) is 0 Å². The molecule has 0 saturated heterocycles. The van der Waals surface area contributed by atoms with Crippen LogP contribution in [0.4, 0.5) is 0 Å². The SMILES string of the molecule is CC/C=C\C/C=C\C/C=C\C/C=C\CCC(=O)OC(COCCCCCCCC/C=C\C/C=C\CCCCC)COP(=O)([O-])OCC[N+](C)(C)C. The number of esters is 1. The van der Waals surface area contributed by atoms with Crippen molar-refractivity contribution in [2.24, 2.45) is 0 Å². The van der Waals surface area contributed by atoms with Crippen molar-refractivity contribution >= 4 is 13.8 Å². The standard InChI is InChI=1S/C42H74NO7P/c1-6-8-10-12-14-16-18-20-21-22-24-26-28-30-32-34-37-47-39-41(40-49-51(45,46)48-38-36-43(3,4)5)50-42(44)35-33-31-29-27-25-23-19-17-15-13-11-9-7-2/h9,11,14-17,20-21,23,25,29,31,41H,6-8,10,12-13,18-19,22,24,26-28,30,32-40H2,1-5H3/b11-9-,16-14-,17-15-,21-20-,25-23-,31-29-. The van der Waals surface area contributed by atoms with E-state index in [0.29, 0.717) is 24.1 Å². The van der Waals surface area contributed by atoms with E-state index in [2.05, 4.69) is 74.6 Å². The molecule has 0 radical (unpaired) electrons. The second-order valence-corrected chi connectivity index (χ2v) is 15.3. The van der Waals surface area contributed by atoms with Gasteiger partial charge in [0.1, 0.15) is 19.3 Å². The fourth-order valence-corrected chi connectivity index (χ4v) is 5.43. The lowest BCUT2D eigenvalue weighted by atomic mass is 10.1. The van der Waals surface area contributed by atoms with E-state index in [-0.39, 0.29) is 26.2 Å². The molecule has 0 aromatic carbocycles. The maximum absolute atomic E-state index is 12.6. The number of hydrogen-bond donors (Lipinski definition) is 0. The summed E-state index contributed by atoms with van der Waals surface area (Å²) in [4.78, 5) is 24.9. The molecule has 0 aromatic heterocycles. The second-order valence-electron chi connectivity index (χ2n) is 13.9. The summed E-state index contributed by atoms with van der Waals surface area (Å²) in [6, 6.07) is 0. The Morgan fingerprint density at radius 1 is 0.627 bits per heavy atom. The number of phosphoric ester groups is 1. The number of carbonyl (C=O) groups is 1. The first-order chi connectivity index (χ1) is 24.6. The Bertz CT molecular complexity index is 1040. The molecule has 51 heavy (non-hydrogen) atoms. The Balaban J connectivity index is 4.42. The Hall–Kier alpha value is -2.06. The van der Waals surface area contributed by atoms with Crippen LogP contribution in [-0.4, -0.2) is 70.7 Å². The largest absolute Gasteiger partial charge is 0.756 e. The molecule has 0 fully saturated rings.